The van der Waals surface area contributed by atoms with Crippen molar-refractivity contribution in [2.24, 2.45) is 5.92 Å². The van der Waals surface area contributed by atoms with Crippen LogP contribution >= 0.6 is 23.1 Å². The Morgan fingerprint density at radius 3 is 2.93 bits per heavy atom. The Balaban J connectivity index is 1.72. The van der Waals surface area contributed by atoms with Crippen LogP contribution in [0, 0.1) is 5.92 Å². The maximum Gasteiger partial charge on any atom is 0.341 e. The normalized spacial score (nSPS) is 16.0. The largest absolute Gasteiger partial charge is 0.462 e. The Morgan fingerprint density at radius 2 is 2.22 bits per heavy atom. The summed E-state index contributed by atoms with van der Waals surface area (Å²) in [5, 5.41) is 11.0. The molecule has 1 aliphatic rings. The smallest absolute Gasteiger partial charge is 0.341 e. The number of hydrogen-bond donors (Lipinski definition) is 2. The average molecular weight is 409 g/mol. The summed E-state index contributed by atoms with van der Waals surface area (Å²) in [6.07, 6.45) is 3.60. The van der Waals surface area contributed by atoms with Crippen LogP contribution in [0.15, 0.2) is 5.16 Å². The van der Waals surface area contributed by atoms with Gasteiger partial charge in [0.2, 0.25) is 11.1 Å². The number of H-pyrrole nitrogens is 1. The molecule has 1 amide bonds. The minimum atomic E-state index is -0.353. The van der Waals surface area contributed by atoms with E-state index in [0.717, 1.165) is 37.1 Å². The predicted molar refractivity (Wildman–Crippen MR) is 107 cm³/mol. The van der Waals surface area contributed by atoms with Gasteiger partial charge < -0.3 is 10.1 Å². The predicted octanol–water partition coefficient (Wildman–Crippen LogP) is 3.46. The zero-order valence-corrected chi connectivity index (χ0v) is 17.4. The highest BCUT2D eigenvalue weighted by atomic mass is 32.2. The lowest BCUT2D eigenvalue weighted by Crippen LogP contribution is -2.17. The molecule has 0 spiro atoms. The molecule has 0 saturated carbocycles. The quantitative estimate of drug-likeness (QED) is 0.538. The number of nitrogens with zero attached hydrogens (tertiary/aromatic N) is 2. The van der Waals surface area contributed by atoms with Crippen LogP contribution in [0.3, 0.4) is 0 Å². The third-order valence-electron chi connectivity index (χ3n) is 4.42. The fourth-order valence-corrected chi connectivity index (χ4v) is 5.08. The SMILES string of the molecule is CCOC(=O)c1c(NC(=O)CSc2n[nH]c(CC)n2)sc2c1CCC(C)C2. The van der Waals surface area contributed by atoms with E-state index in [1.165, 1.54) is 28.0 Å². The van der Waals surface area contributed by atoms with Gasteiger partial charge in [-0.15, -0.1) is 16.4 Å². The number of anilines is 1. The van der Waals surface area contributed by atoms with Gasteiger partial charge in [0.05, 0.1) is 17.9 Å². The van der Waals surface area contributed by atoms with E-state index in [1.807, 2.05) is 6.92 Å². The standard InChI is InChI=1S/C18H24N4O3S2/c1-4-13-19-18(22-21-13)26-9-14(23)20-16-15(17(24)25-5-2)11-7-6-10(3)8-12(11)27-16/h10H,4-9H2,1-3H3,(H,20,23)(H,19,21,22). The van der Waals surface area contributed by atoms with Gasteiger partial charge in [-0.1, -0.05) is 25.6 Å². The van der Waals surface area contributed by atoms with E-state index in [2.05, 4.69) is 27.4 Å². The van der Waals surface area contributed by atoms with Crippen LogP contribution in [0.5, 0.6) is 0 Å². The summed E-state index contributed by atoms with van der Waals surface area (Å²) in [4.78, 5) is 30.4. The molecule has 1 aliphatic carbocycles. The van der Waals surface area contributed by atoms with Crippen molar-refractivity contribution in [3.05, 3.63) is 21.8 Å². The Hall–Kier alpha value is -1.87. The highest BCUT2D eigenvalue weighted by molar-refractivity contribution is 7.99. The van der Waals surface area contributed by atoms with Crippen LogP contribution in [0.1, 0.15) is 53.8 Å². The number of aryl methyl sites for hydroxylation is 1. The first-order valence-corrected chi connectivity index (χ1v) is 11.0. The summed E-state index contributed by atoms with van der Waals surface area (Å²) in [5.41, 5.74) is 1.58. The highest BCUT2D eigenvalue weighted by Crippen LogP contribution is 2.40. The third-order valence-corrected chi connectivity index (χ3v) is 6.44. The van der Waals surface area contributed by atoms with Crippen LogP contribution in [0.4, 0.5) is 5.00 Å². The highest BCUT2D eigenvalue weighted by Gasteiger charge is 2.29. The van der Waals surface area contributed by atoms with E-state index < -0.39 is 0 Å². The fourth-order valence-electron chi connectivity index (χ4n) is 3.05. The molecule has 9 heteroatoms. The molecule has 3 rings (SSSR count). The Labute approximate surface area is 166 Å². The summed E-state index contributed by atoms with van der Waals surface area (Å²) in [6.45, 7) is 6.30. The second-order valence-electron chi connectivity index (χ2n) is 6.53. The summed E-state index contributed by atoms with van der Waals surface area (Å²) in [6, 6.07) is 0. The molecule has 0 radical (unpaired) electrons. The number of carbonyl (C=O) groups is 2. The Kier molecular flexibility index (Phi) is 6.54. The van der Waals surface area contributed by atoms with Crippen LogP contribution in [-0.2, 0) is 28.8 Å². The Morgan fingerprint density at radius 1 is 1.41 bits per heavy atom. The van der Waals surface area contributed by atoms with Crippen molar-refractivity contribution in [2.75, 3.05) is 17.7 Å². The Bertz CT molecular complexity index is 831. The van der Waals surface area contributed by atoms with Gasteiger partial charge in [-0.05, 0) is 37.7 Å². The summed E-state index contributed by atoms with van der Waals surface area (Å²) < 4.78 is 5.23. The van der Waals surface area contributed by atoms with Gasteiger partial charge in [0, 0.05) is 11.3 Å². The number of aromatic nitrogens is 3. The topological polar surface area (TPSA) is 97.0 Å². The van der Waals surface area contributed by atoms with E-state index in [4.69, 9.17) is 4.74 Å². The summed E-state index contributed by atoms with van der Waals surface area (Å²) in [5.74, 6) is 1.03. The van der Waals surface area contributed by atoms with Crippen molar-refractivity contribution >= 4 is 40.0 Å². The van der Waals surface area contributed by atoms with Gasteiger partial charge in [0.1, 0.15) is 10.8 Å². The van der Waals surface area contributed by atoms with Gasteiger partial charge in [-0.3, -0.25) is 9.89 Å². The molecule has 2 aromatic heterocycles. The molecule has 2 N–H and O–H groups in total. The molecule has 2 heterocycles. The number of rotatable bonds is 7. The lowest BCUT2D eigenvalue weighted by molar-refractivity contribution is -0.113. The number of thiophene rings is 1. The number of esters is 1. The number of ether oxygens (including phenoxy) is 1. The van der Waals surface area contributed by atoms with Gasteiger partial charge >= 0.3 is 5.97 Å². The van der Waals surface area contributed by atoms with Crippen molar-refractivity contribution in [3.63, 3.8) is 0 Å². The van der Waals surface area contributed by atoms with E-state index in [1.54, 1.807) is 6.92 Å². The number of thioether (sulfide) groups is 1. The molecule has 27 heavy (non-hydrogen) atoms. The molecule has 0 fully saturated rings. The number of hydrogen-bond acceptors (Lipinski definition) is 7. The van der Waals surface area contributed by atoms with Gasteiger partial charge in [-0.25, -0.2) is 9.78 Å². The molecule has 146 valence electrons. The first kappa shape index (κ1) is 19.9. The van der Waals surface area contributed by atoms with E-state index in [0.29, 0.717) is 28.2 Å². The lowest BCUT2D eigenvalue weighted by Gasteiger charge is -2.18. The second kappa shape index (κ2) is 8.88. The van der Waals surface area contributed by atoms with Crippen LogP contribution in [0.2, 0.25) is 0 Å². The number of fused-ring (bicyclic) bond motifs is 1. The van der Waals surface area contributed by atoms with Crippen molar-refractivity contribution in [3.8, 4) is 0 Å². The van der Waals surface area contributed by atoms with E-state index in [9.17, 15) is 9.59 Å². The number of carbonyl (C=O) groups excluding carboxylic acids is 2. The first-order valence-electron chi connectivity index (χ1n) is 9.17. The monoisotopic (exact) mass is 408 g/mol. The molecular formula is C18H24N4O3S2. The van der Waals surface area contributed by atoms with Gasteiger partial charge in [0.15, 0.2) is 0 Å². The molecule has 1 atom stereocenters. The van der Waals surface area contributed by atoms with Gasteiger partial charge in [0.25, 0.3) is 0 Å². The molecule has 0 aliphatic heterocycles. The van der Waals surface area contributed by atoms with Crippen molar-refractivity contribution in [1.82, 2.24) is 15.2 Å². The zero-order valence-electron chi connectivity index (χ0n) is 15.8. The number of aromatic amines is 1. The second-order valence-corrected chi connectivity index (χ2v) is 8.58. The summed E-state index contributed by atoms with van der Waals surface area (Å²) >= 11 is 2.76. The lowest BCUT2D eigenvalue weighted by atomic mass is 9.88. The summed E-state index contributed by atoms with van der Waals surface area (Å²) in [7, 11) is 0. The van der Waals surface area contributed by atoms with E-state index in [-0.39, 0.29) is 17.6 Å². The van der Waals surface area contributed by atoms with Crippen LogP contribution < -0.4 is 5.32 Å². The number of amides is 1. The molecule has 2 aromatic rings. The average Bonchev–Trinajstić information content (AvgIpc) is 3.23. The molecular weight excluding hydrogens is 384 g/mol. The molecule has 0 saturated heterocycles. The maximum absolute atomic E-state index is 12.5. The van der Waals surface area contributed by atoms with Gasteiger partial charge in [-0.2, -0.15) is 0 Å². The van der Waals surface area contributed by atoms with Crippen LogP contribution in [0.25, 0.3) is 0 Å². The maximum atomic E-state index is 12.5. The number of nitrogens with one attached hydrogen (secondary N) is 2. The third kappa shape index (κ3) is 4.70. The molecule has 7 nitrogen and oxygen atoms in total. The fraction of sp³-hybridized carbons (Fsp3) is 0.556. The van der Waals surface area contributed by atoms with Crippen molar-refractivity contribution < 1.29 is 14.3 Å². The molecule has 0 aromatic carbocycles. The van der Waals surface area contributed by atoms with E-state index >= 15 is 0 Å². The zero-order chi connectivity index (χ0) is 19.4. The molecule has 0 bridgehead atoms. The van der Waals surface area contributed by atoms with Crippen molar-refractivity contribution in [2.45, 2.75) is 51.6 Å². The minimum Gasteiger partial charge on any atom is -0.462 e. The van der Waals surface area contributed by atoms with Crippen LogP contribution in [-0.4, -0.2) is 39.4 Å². The first-order chi connectivity index (χ1) is 13.0. The minimum absolute atomic E-state index is 0.181. The van der Waals surface area contributed by atoms with Crippen molar-refractivity contribution in [1.29, 1.82) is 0 Å². The molecule has 1 unspecified atom stereocenters.